The Morgan fingerprint density at radius 2 is 2.17 bits per heavy atom. The zero-order valence-corrected chi connectivity index (χ0v) is 10.8. The van der Waals surface area contributed by atoms with E-state index in [0.717, 1.165) is 5.56 Å². The van der Waals surface area contributed by atoms with Crippen LogP contribution in [0.4, 0.5) is 0 Å². The minimum atomic E-state index is -0.938. The molecule has 0 radical (unpaired) electrons. The van der Waals surface area contributed by atoms with Gasteiger partial charge < -0.3 is 9.47 Å². The molecule has 0 unspecified atom stereocenters. The van der Waals surface area contributed by atoms with E-state index in [-0.39, 0.29) is 11.8 Å². The van der Waals surface area contributed by atoms with Crippen LogP contribution in [0.2, 0.25) is 0 Å². The highest BCUT2D eigenvalue weighted by Gasteiger charge is 2.46. The molecule has 1 aliphatic heterocycles. The Kier molecular flexibility index (Phi) is 3.11. The number of rotatable bonds is 3. The molecule has 0 bridgehead atoms. The number of hydrogen-bond donors (Lipinski definition) is 0. The van der Waals surface area contributed by atoms with Gasteiger partial charge in [-0.15, -0.1) is 0 Å². The van der Waals surface area contributed by atoms with Gasteiger partial charge >= 0.3 is 5.97 Å². The lowest BCUT2D eigenvalue weighted by atomic mass is 9.93. The van der Waals surface area contributed by atoms with Gasteiger partial charge in [-0.05, 0) is 37.1 Å². The largest absolute Gasteiger partial charge is 0.475 e. The number of Topliss-reactive ketones (excluding diaryl/α,β-unsaturated/α-hetero) is 1. The van der Waals surface area contributed by atoms with E-state index >= 15 is 0 Å². The van der Waals surface area contributed by atoms with Crippen LogP contribution in [-0.2, 0) is 16.0 Å². The van der Waals surface area contributed by atoms with Crippen LogP contribution in [0.5, 0.6) is 5.75 Å². The number of methoxy groups -OCH3 is 1. The minimum Gasteiger partial charge on any atom is -0.475 e. The third kappa shape index (κ3) is 1.88. The van der Waals surface area contributed by atoms with Crippen molar-refractivity contribution in [1.29, 1.82) is 0 Å². The molecule has 1 atom stereocenters. The molecule has 4 nitrogen and oxygen atoms in total. The molecule has 0 N–H and O–H groups in total. The summed E-state index contributed by atoms with van der Waals surface area (Å²) < 4.78 is 10.6. The maximum absolute atomic E-state index is 11.8. The quantitative estimate of drug-likeness (QED) is 0.607. The van der Waals surface area contributed by atoms with Crippen molar-refractivity contribution in [3.63, 3.8) is 0 Å². The van der Waals surface area contributed by atoms with Gasteiger partial charge in [0.2, 0.25) is 5.60 Å². The summed E-state index contributed by atoms with van der Waals surface area (Å²) in [6.07, 6.45) is 0.983. The van der Waals surface area contributed by atoms with E-state index in [2.05, 4.69) is 0 Å². The molecule has 18 heavy (non-hydrogen) atoms. The van der Waals surface area contributed by atoms with Crippen LogP contribution in [0.25, 0.3) is 0 Å². The van der Waals surface area contributed by atoms with Gasteiger partial charge in [-0.1, -0.05) is 6.92 Å². The maximum atomic E-state index is 11.8. The molecule has 0 spiro atoms. The molecule has 0 aromatic heterocycles. The maximum Gasteiger partial charge on any atom is 0.350 e. The van der Waals surface area contributed by atoms with Gasteiger partial charge in [0.15, 0.2) is 5.78 Å². The first-order valence-electron chi connectivity index (χ1n) is 5.93. The number of esters is 1. The van der Waals surface area contributed by atoms with Crippen molar-refractivity contribution < 1.29 is 19.1 Å². The zero-order chi connectivity index (χ0) is 13.3. The van der Waals surface area contributed by atoms with Crippen molar-refractivity contribution >= 4 is 11.8 Å². The summed E-state index contributed by atoms with van der Waals surface area (Å²) in [5, 5.41) is 0. The van der Waals surface area contributed by atoms with Crippen molar-refractivity contribution in [3.05, 3.63) is 29.3 Å². The Labute approximate surface area is 106 Å². The smallest absolute Gasteiger partial charge is 0.350 e. The molecule has 0 aliphatic carbocycles. The van der Waals surface area contributed by atoms with Gasteiger partial charge in [-0.2, -0.15) is 0 Å². The summed E-state index contributed by atoms with van der Waals surface area (Å²) in [7, 11) is 1.35. The minimum absolute atomic E-state index is 0.00451. The van der Waals surface area contributed by atoms with Gasteiger partial charge in [-0.3, -0.25) is 4.79 Å². The van der Waals surface area contributed by atoms with E-state index in [1.54, 1.807) is 18.2 Å². The molecular weight excluding hydrogens is 232 g/mol. The first kappa shape index (κ1) is 12.6. The summed E-state index contributed by atoms with van der Waals surface area (Å²) in [5.41, 5.74) is 0.580. The second-order valence-corrected chi connectivity index (χ2v) is 4.50. The number of hydrogen-bond acceptors (Lipinski definition) is 4. The van der Waals surface area contributed by atoms with Gasteiger partial charge in [0.1, 0.15) is 5.75 Å². The number of benzene rings is 1. The van der Waals surface area contributed by atoms with Crippen molar-refractivity contribution in [3.8, 4) is 5.75 Å². The lowest BCUT2D eigenvalue weighted by Crippen LogP contribution is -2.43. The van der Waals surface area contributed by atoms with E-state index < -0.39 is 5.60 Å². The Morgan fingerprint density at radius 1 is 1.44 bits per heavy atom. The average Bonchev–Trinajstić information content (AvgIpc) is 2.76. The fraction of sp³-hybridized carbons (Fsp3) is 0.429. The van der Waals surface area contributed by atoms with Gasteiger partial charge in [-0.25, -0.2) is 4.79 Å². The Bertz CT molecular complexity index is 507. The van der Waals surface area contributed by atoms with Crippen LogP contribution >= 0.6 is 0 Å². The van der Waals surface area contributed by atoms with Crippen LogP contribution in [0.3, 0.4) is 0 Å². The van der Waals surface area contributed by atoms with Crippen LogP contribution in [0, 0.1) is 0 Å². The highest BCUT2D eigenvalue weighted by Crippen LogP contribution is 2.38. The Balaban J connectivity index is 2.37. The lowest BCUT2D eigenvalue weighted by Gasteiger charge is -2.23. The van der Waals surface area contributed by atoms with E-state index in [1.165, 1.54) is 14.0 Å². The van der Waals surface area contributed by atoms with Crippen molar-refractivity contribution in [2.75, 3.05) is 7.11 Å². The fourth-order valence-corrected chi connectivity index (χ4v) is 2.23. The van der Waals surface area contributed by atoms with Crippen LogP contribution in [0.15, 0.2) is 18.2 Å². The van der Waals surface area contributed by atoms with Crippen LogP contribution < -0.4 is 4.74 Å². The van der Waals surface area contributed by atoms with E-state index in [1.807, 2.05) is 6.92 Å². The lowest BCUT2D eigenvalue weighted by molar-refractivity contribution is -0.157. The number of carbonyl (C=O) groups is 2. The molecule has 1 aromatic rings. The van der Waals surface area contributed by atoms with Crippen molar-refractivity contribution in [2.24, 2.45) is 0 Å². The zero-order valence-electron chi connectivity index (χ0n) is 10.8. The standard InChI is InChI=1S/C14H16O4/c1-4-14(13(16)17-3)8-11-7-10(9(2)15)5-6-12(11)18-14/h5-7H,4,8H2,1-3H3/t14-/m0/s1. The predicted octanol–water partition coefficient (Wildman–Crippen LogP) is 2.15. The second-order valence-electron chi connectivity index (χ2n) is 4.50. The highest BCUT2D eigenvalue weighted by atomic mass is 16.6. The third-order valence-corrected chi connectivity index (χ3v) is 3.38. The molecule has 1 aromatic carbocycles. The highest BCUT2D eigenvalue weighted by molar-refractivity contribution is 5.94. The van der Waals surface area contributed by atoms with Crippen LogP contribution in [0.1, 0.15) is 36.2 Å². The molecule has 1 heterocycles. The topological polar surface area (TPSA) is 52.6 Å². The second kappa shape index (κ2) is 4.44. The molecule has 2 rings (SSSR count). The summed E-state index contributed by atoms with van der Waals surface area (Å²) in [6, 6.07) is 5.24. The van der Waals surface area contributed by atoms with Gasteiger partial charge in [0.05, 0.1) is 7.11 Å². The summed E-state index contributed by atoms with van der Waals surface area (Å²) in [4.78, 5) is 23.2. The first-order chi connectivity index (χ1) is 8.52. The molecule has 96 valence electrons. The summed E-state index contributed by atoms with van der Waals surface area (Å²) >= 11 is 0. The molecular formula is C14H16O4. The fourth-order valence-electron chi connectivity index (χ4n) is 2.23. The first-order valence-corrected chi connectivity index (χ1v) is 5.93. The van der Waals surface area contributed by atoms with E-state index in [9.17, 15) is 9.59 Å². The Morgan fingerprint density at radius 3 is 2.72 bits per heavy atom. The third-order valence-electron chi connectivity index (χ3n) is 3.38. The van der Waals surface area contributed by atoms with Crippen molar-refractivity contribution in [1.82, 2.24) is 0 Å². The summed E-state index contributed by atoms with van der Waals surface area (Å²) in [6.45, 7) is 3.40. The number of ether oxygens (including phenoxy) is 2. The normalized spacial score (nSPS) is 21.1. The van der Waals surface area contributed by atoms with Gasteiger partial charge in [0.25, 0.3) is 0 Å². The monoisotopic (exact) mass is 248 g/mol. The van der Waals surface area contributed by atoms with Gasteiger partial charge in [0, 0.05) is 12.0 Å². The molecule has 4 heteroatoms. The van der Waals surface area contributed by atoms with Crippen LogP contribution in [-0.4, -0.2) is 24.5 Å². The Hall–Kier alpha value is -1.84. The predicted molar refractivity (Wildman–Crippen MR) is 65.8 cm³/mol. The van der Waals surface area contributed by atoms with Crippen molar-refractivity contribution in [2.45, 2.75) is 32.3 Å². The molecule has 0 saturated heterocycles. The average molecular weight is 248 g/mol. The summed E-state index contributed by atoms with van der Waals surface area (Å²) in [5.74, 6) is 0.294. The SMILES string of the molecule is CC[C@@]1(C(=O)OC)Cc2cc(C(C)=O)ccc2O1. The number of ketones is 1. The number of carbonyl (C=O) groups excluding carboxylic acids is 2. The molecule has 0 saturated carbocycles. The molecule has 1 aliphatic rings. The van der Waals surface area contributed by atoms with E-state index in [4.69, 9.17) is 9.47 Å². The molecule has 0 amide bonds. The van der Waals surface area contributed by atoms with E-state index in [0.29, 0.717) is 24.2 Å². The molecule has 0 fully saturated rings. The number of fused-ring (bicyclic) bond motifs is 1.